The van der Waals surface area contributed by atoms with E-state index in [1.165, 1.54) is 0 Å². The SMILES string of the molecule is CC1(C)SCc2c(Cl)cccc2C1O. The molecule has 76 valence electrons. The third kappa shape index (κ3) is 1.56. The zero-order chi connectivity index (χ0) is 10.3. The molecule has 0 amide bonds. The van der Waals surface area contributed by atoms with Gasteiger partial charge in [-0.1, -0.05) is 23.7 Å². The molecule has 1 unspecified atom stereocenters. The van der Waals surface area contributed by atoms with Crippen molar-refractivity contribution >= 4 is 23.4 Å². The quantitative estimate of drug-likeness (QED) is 0.735. The van der Waals surface area contributed by atoms with E-state index >= 15 is 0 Å². The van der Waals surface area contributed by atoms with Gasteiger partial charge in [-0.2, -0.15) is 0 Å². The summed E-state index contributed by atoms with van der Waals surface area (Å²) in [5.74, 6) is 0.888. The maximum atomic E-state index is 10.1. The van der Waals surface area contributed by atoms with Crippen LogP contribution < -0.4 is 0 Å². The van der Waals surface area contributed by atoms with Crippen molar-refractivity contribution in [3.8, 4) is 0 Å². The topological polar surface area (TPSA) is 20.2 Å². The predicted molar refractivity (Wildman–Crippen MR) is 61.8 cm³/mol. The molecule has 0 saturated carbocycles. The van der Waals surface area contributed by atoms with Crippen molar-refractivity contribution in [1.82, 2.24) is 0 Å². The Morgan fingerprint density at radius 3 is 2.93 bits per heavy atom. The molecule has 1 aromatic carbocycles. The summed E-state index contributed by atoms with van der Waals surface area (Å²) in [6.45, 7) is 4.12. The zero-order valence-corrected chi connectivity index (χ0v) is 9.82. The van der Waals surface area contributed by atoms with Crippen LogP contribution in [-0.4, -0.2) is 9.85 Å². The number of halogens is 1. The van der Waals surface area contributed by atoms with Gasteiger partial charge >= 0.3 is 0 Å². The summed E-state index contributed by atoms with van der Waals surface area (Å²) in [6.07, 6.45) is -0.421. The molecule has 0 fully saturated rings. The number of thioether (sulfide) groups is 1. The van der Waals surface area contributed by atoms with Gasteiger partial charge < -0.3 is 5.11 Å². The van der Waals surface area contributed by atoms with E-state index < -0.39 is 6.10 Å². The van der Waals surface area contributed by atoms with Gasteiger partial charge in [-0.15, -0.1) is 11.8 Å². The Hall–Kier alpha value is -0.180. The smallest absolute Gasteiger partial charge is 0.0934 e. The fourth-order valence-corrected chi connectivity index (χ4v) is 3.15. The van der Waals surface area contributed by atoms with Gasteiger partial charge in [0.15, 0.2) is 0 Å². The van der Waals surface area contributed by atoms with Crippen LogP contribution in [0, 0.1) is 0 Å². The van der Waals surface area contributed by atoms with Crippen LogP contribution in [0.25, 0.3) is 0 Å². The molecule has 3 heteroatoms. The van der Waals surface area contributed by atoms with Crippen LogP contribution in [0.4, 0.5) is 0 Å². The lowest BCUT2D eigenvalue weighted by Gasteiger charge is -2.36. The van der Waals surface area contributed by atoms with E-state index in [2.05, 4.69) is 13.8 Å². The van der Waals surface area contributed by atoms with Gasteiger partial charge in [0.25, 0.3) is 0 Å². The normalized spacial score (nSPS) is 24.4. The summed E-state index contributed by atoms with van der Waals surface area (Å²) in [4.78, 5) is 0. The van der Waals surface area contributed by atoms with E-state index in [1.807, 2.05) is 18.2 Å². The lowest BCUT2D eigenvalue weighted by Crippen LogP contribution is -2.30. The number of hydrogen-bond donors (Lipinski definition) is 1. The summed E-state index contributed by atoms with van der Waals surface area (Å²) in [5.41, 5.74) is 2.08. The highest BCUT2D eigenvalue weighted by Gasteiger charge is 2.35. The van der Waals surface area contributed by atoms with Gasteiger partial charge in [0.2, 0.25) is 0 Å². The highest BCUT2D eigenvalue weighted by molar-refractivity contribution is 7.99. The lowest BCUT2D eigenvalue weighted by molar-refractivity contribution is 0.141. The summed E-state index contributed by atoms with van der Waals surface area (Å²) < 4.78 is -0.113. The van der Waals surface area contributed by atoms with Gasteiger partial charge in [-0.05, 0) is 31.0 Å². The minimum atomic E-state index is -0.421. The average molecular weight is 229 g/mol. The molecule has 1 N–H and O–H groups in total. The van der Waals surface area contributed by atoms with Crippen LogP contribution in [0.3, 0.4) is 0 Å². The Kier molecular flexibility index (Phi) is 2.54. The molecule has 1 aliphatic heterocycles. The summed E-state index contributed by atoms with van der Waals surface area (Å²) in [6, 6.07) is 5.75. The van der Waals surface area contributed by atoms with Crippen LogP contribution in [0.15, 0.2) is 18.2 Å². The molecule has 2 rings (SSSR count). The zero-order valence-electron chi connectivity index (χ0n) is 8.25. The molecule has 0 aromatic heterocycles. The lowest BCUT2D eigenvalue weighted by atomic mass is 9.94. The molecule has 1 aliphatic rings. The third-order valence-corrected chi connectivity index (χ3v) is 4.45. The molecule has 0 saturated heterocycles. The van der Waals surface area contributed by atoms with Gasteiger partial charge in [0.1, 0.15) is 0 Å². The number of aliphatic hydroxyl groups is 1. The van der Waals surface area contributed by atoms with E-state index in [0.717, 1.165) is 21.9 Å². The molecule has 0 bridgehead atoms. The minimum absolute atomic E-state index is 0.113. The summed E-state index contributed by atoms with van der Waals surface area (Å²) in [7, 11) is 0. The van der Waals surface area contributed by atoms with E-state index in [0.29, 0.717) is 0 Å². The van der Waals surface area contributed by atoms with Crippen LogP contribution in [0.5, 0.6) is 0 Å². The van der Waals surface area contributed by atoms with Crippen molar-refractivity contribution in [3.05, 3.63) is 34.3 Å². The van der Waals surface area contributed by atoms with Gasteiger partial charge in [-0.3, -0.25) is 0 Å². The predicted octanol–water partition coefficient (Wildman–Crippen LogP) is 3.40. The molecular formula is C11H13ClOS. The molecule has 1 atom stereocenters. The fourth-order valence-electron chi connectivity index (χ4n) is 1.70. The van der Waals surface area contributed by atoms with Crippen molar-refractivity contribution in [2.45, 2.75) is 30.5 Å². The molecule has 0 spiro atoms. The van der Waals surface area contributed by atoms with Crippen molar-refractivity contribution in [1.29, 1.82) is 0 Å². The Balaban J connectivity index is 2.51. The molecule has 1 heterocycles. The maximum Gasteiger partial charge on any atom is 0.0934 e. The second kappa shape index (κ2) is 3.44. The monoisotopic (exact) mass is 228 g/mol. The first kappa shape index (κ1) is 10.3. The van der Waals surface area contributed by atoms with Crippen molar-refractivity contribution in [2.24, 2.45) is 0 Å². The first-order valence-electron chi connectivity index (χ1n) is 4.61. The molecule has 0 aliphatic carbocycles. The van der Waals surface area contributed by atoms with Crippen LogP contribution >= 0.6 is 23.4 Å². The molecule has 1 aromatic rings. The largest absolute Gasteiger partial charge is 0.387 e. The van der Waals surface area contributed by atoms with E-state index in [4.69, 9.17) is 11.6 Å². The maximum absolute atomic E-state index is 10.1. The van der Waals surface area contributed by atoms with Gasteiger partial charge in [0.05, 0.1) is 6.10 Å². The van der Waals surface area contributed by atoms with Crippen LogP contribution in [0.1, 0.15) is 31.1 Å². The van der Waals surface area contributed by atoms with Crippen molar-refractivity contribution < 1.29 is 5.11 Å². The second-order valence-electron chi connectivity index (χ2n) is 4.10. The number of rotatable bonds is 0. The molecular weight excluding hydrogens is 216 g/mol. The van der Waals surface area contributed by atoms with E-state index in [9.17, 15) is 5.11 Å². The highest BCUT2D eigenvalue weighted by atomic mass is 35.5. The highest BCUT2D eigenvalue weighted by Crippen LogP contribution is 2.46. The fraction of sp³-hybridized carbons (Fsp3) is 0.455. The second-order valence-corrected chi connectivity index (χ2v) is 6.14. The number of benzene rings is 1. The number of aliphatic hydroxyl groups excluding tert-OH is 1. The Morgan fingerprint density at radius 1 is 1.50 bits per heavy atom. The standard InChI is InChI=1S/C11H13ClOS/c1-11(2)10(13)7-4-3-5-9(12)8(7)6-14-11/h3-5,10,13H,6H2,1-2H3. The summed E-state index contributed by atoms with van der Waals surface area (Å²) >= 11 is 7.83. The van der Waals surface area contributed by atoms with Crippen molar-refractivity contribution in [2.75, 3.05) is 0 Å². The molecule has 1 nitrogen and oxygen atoms in total. The van der Waals surface area contributed by atoms with Gasteiger partial charge in [-0.25, -0.2) is 0 Å². The van der Waals surface area contributed by atoms with Gasteiger partial charge in [0, 0.05) is 15.5 Å². The van der Waals surface area contributed by atoms with Crippen LogP contribution in [-0.2, 0) is 5.75 Å². The molecule has 14 heavy (non-hydrogen) atoms. The Bertz CT molecular complexity index is 362. The van der Waals surface area contributed by atoms with E-state index in [1.54, 1.807) is 11.8 Å². The Morgan fingerprint density at radius 2 is 2.21 bits per heavy atom. The first-order chi connectivity index (χ1) is 6.52. The van der Waals surface area contributed by atoms with Crippen molar-refractivity contribution in [3.63, 3.8) is 0 Å². The number of hydrogen-bond acceptors (Lipinski definition) is 2. The number of fused-ring (bicyclic) bond motifs is 1. The Labute approximate surface area is 93.5 Å². The van der Waals surface area contributed by atoms with Crippen LogP contribution in [0.2, 0.25) is 5.02 Å². The minimum Gasteiger partial charge on any atom is -0.387 e. The molecule has 0 radical (unpaired) electrons. The van der Waals surface area contributed by atoms with E-state index in [-0.39, 0.29) is 4.75 Å². The average Bonchev–Trinajstić information content (AvgIpc) is 2.13. The summed E-state index contributed by atoms with van der Waals surface area (Å²) in [5, 5.41) is 10.9. The third-order valence-electron chi connectivity index (χ3n) is 2.70. The first-order valence-corrected chi connectivity index (χ1v) is 5.98.